The fourth-order valence-electron chi connectivity index (χ4n) is 3.72. The smallest absolute Gasteiger partial charge is 0.416 e. The maximum Gasteiger partial charge on any atom is 0.416 e. The number of aliphatic carboxylic acids is 1. The molecule has 0 aliphatic carbocycles. The summed E-state index contributed by atoms with van der Waals surface area (Å²) in [7, 11) is 0. The van der Waals surface area contributed by atoms with Crippen LogP contribution in [0.1, 0.15) is 23.1 Å². The number of carboxylic acids is 1. The zero-order valence-electron chi connectivity index (χ0n) is 15.9. The number of alkyl halides is 3. The van der Waals surface area contributed by atoms with Gasteiger partial charge in [0.2, 0.25) is 0 Å². The van der Waals surface area contributed by atoms with E-state index >= 15 is 0 Å². The van der Waals surface area contributed by atoms with Crippen LogP contribution in [0, 0.1) is 11.3 Å². The van der Waals surface area contributed by atoms with Gasteiger partial charge in [0.05, 0.1) is 22.7 Å². The van der Waals surface area contributed by atoms with Crippen LogP contribution in [0.5, 0.6) is 0 Å². The largest absolute Gasteiger partial charge is 0.480 e. The Morgan fingerprint density at radius 1 is 1.30 bits per heavy atom. The third kappa shape index (κ3) is 5.04. The number of nitriles is 1. The average Bonchev–Trinajstić information content (AvgIpc) is 3.13. The third-order valence-corrected chi connectivity index (χ3v) is 5.43. The number of hydrogen-bond donors (Lipinski definition) is 1. The summed E-state index contributed by atoms with van der Waals surface area (Å²) in [5, 5.41) is 18.4. The minimum Gasteiger partial charge on any atom is -0.480 e. The summed E-state index contributed by atoms with van der Waals surface area (Å²) in [6.07, 6.45) is -3.89. The van der Waals surface area contributed by atoms with Crippen molar-refractivity contribution in [2.75, 3.05) is 24.5 Å². The molecule has 2 aromatic carbocycles. The number of likely N-dealkylation sites (tertiary alicyclic amines) is 1. The highest BCUT2D eigenvalue weighted by molar-refractivity contribution is 6.32. The van der Waals surface area contributed by atoms with E-state index in [-0.39, 0.29) is 35.3 Å². The van der Waals surface area contributed by atoms with Gasteiger partial charge in [-0.25, -0.2) is 0 Å². The number of anilines is 1. The van der Waals surface area contributed by atoms with Crippen LogP contribution in [0.15, 0.2) is 42.5 Å². The van der Waals surface area contributed by atoms with Crippen molar-refractivity contribution in [2.24, 2.45) is 0 Å². The molecule has 1 heterocycles. The third-order valence-electron chi connectivity index (χ3n) is 5.12. The molecule has 9 heteroatoms. The number of carbonyl (C=O) groups is 1. The molecular formula is C21H19ClF3N3O2. The summed E-state index contributed by atoms with van der Waals surface area (Å²) in [6, 6.07) is 11.9. The lowest BCUT2D eigenvalue weighted by atomic mass is 10.0. The van der Waals surface area contributed by atoms with Crippen LogP contribution in [-0.2, 0) is 17.5 Å². The molecule has 30 heavy (non-hydrogen) atoms. The Hall–Kier alpha value is -2.76. The van der Waals surface area contributed by atoms with Crippen molar-refractivity contribution in [3.05, 3.63) is 64.2 Å². The van der Waals surface area contributed by atoms with E-state index in [0.717, 1.165) is 6.07 Å². The summed E-state index contributed by atoms with van der Waals surface area (Å²) in [4.78, 5) is 14.6. The summed E-state index contributed by atoms with van der Waals surface area (Å²) in [5.41, 5.74) is 0.255. The van der Waals surface area contributed by atoms with Crippen LogP contribution >= 0.6 is 11.6 Å². The SMILES string of the molecule is N#Cc1ccc(N(Cc2ccccc2C(F)(F)F)C2CCN(CC(=O)O)C2)cc1Cl. The van der Waals surface area contributed by atoms with Crippen molar-refractivity contribution in [3.8, 4) is 6.07 Å². The molecule has 0 amide bonds. The minimum atomic E-state index is -4.49. The predicted molar refractivity (Wildman–Crippen MR) is 106 cm³/mol. The maximum atomic E-state index is 13.5. The zero-order chi connectivity index (χ0) is 21.9. The van der Waals surface area contributed by atoms with Crippen molar-refractivity contribution in [1.29, 1.82) is 5.26 Å². The van der Waals surface area contributed by atoms with E-state index < -0.39 is 17.7 Å². The molecule has 1 saturated heterocycles. The standard InChI is InChI=1S/C21H19ClF3N3O2/c22-19-9-16(6-5-14(19)10-26)28(17-7-8-27(12-17)13-20(29)30)11-15-3-1-2-4-18(15)21(23,24)25/h1-6,9,17H,7-8,11-13H2,(H,29,30). The number of halogens is 4. The summed E-state index contributed by atoms with van der Waals surface area (Å²) in [5.74, 6) is -0.953. The fraction of sp³-hybridized carbons (Fsp3) is 0.333. The lowest BCUT2D eigenvalue weighted by Crippen LogP contribution is -2.38. The fourth-order valence-corrected chi connectivity index (χ4v) is 3.94. The molecule has 0 saturated carbocycles. The lowest BCUT2D eigenvalue weighted by molar-refractivity contribution is -0.139. The molecular weight excluding hydrogens is 419 g/mol. The Kier molecular flexibility index (Phi) is 6.54. The van der Waals surface area contributed by atoms with E-state index in [1.54, 1.807) is 28.0 Å². The van der Waals surface area contributed by atoms with Gasteiger partial charge in [0, 0.05) is 31.4 Å². The topological polar surface area (TPSA) is 67.6 Å². The molecule has 3 rings (SSSR count). The molecule has 0 radical (unpaired) electrons. The van der Waals surface area contributed by atoms with E-state index in [0.29, 0.717) is 25.2 Å². The summed E-state index contributed by atoms with van der Waals surface area (Å²) in [6.45, 7) is 0.775. The Bertz CT molecular complexity index is 975. The second-order valence-electron chi connectivity index (χ2n) is 7.13. The van der Waals surface area contributed by atoms with Crippen LogP contribution in [0.4, 0.5) is 18.9 Å². The van der Waals surface area contributed by atoms with E-state index in [1.807, 2.05) is 6.07 Å². The highest BCUT2D eigenvalue weighted by atomic mass is 35.5. The quantitative estimate of drug-likeness (QED) is 0.725. The van der Waals surface area contributed by atoms with Crippen LogP contribution in [-0.4, -0.2) is 41.7 Å². The van der Waals surface area contributed by atoms with E-state index in [4.69, 9.17) is 22.0 Å². The van der Waals surface area contributed by atoms with Gasteiger partial charge < -0.3 is 10.0 Å². The average molecular weight is 438 g/mol. The lowest BCUT2D eigenvalue weighted by Gasteiger charge is -2.32. The molecule has 0 spiro atoms. The van der Waals surface area contributed by atoms with Crippen molar-refractivity contribution in [3.63, 3.8) is 0 Å². The molecule has 2 aromatic rings. The number of nitrogens with zero attached hydrogens (tertiary/aromatic N) is 3. The van der Waals surface area contributed by atoms with E-state index in [1.165, 1.54) is 18.2 Å². The van der Waals surface area contributed by atoms with Crippen molar-refractivity contribution >= 4 is 23.3 Å². The molecule has 1 N–H and O–H groups in total. The van der Waals surface area contributed by atoms with Gasteiger partial charge in [-0.05, 0) is 36.2 Å². The van der Waals surface area contributed by atoms with Gasteiger partial charge in [0.1, 0.15) is 6.07 Å². The van der Waals surface area contributed by atoms with Crippen molar-refractivity contribution < 1.29 is 23.1 Å². The van der Waals surface area contributed by atoms with E-state index in [9.17, 15) is 18.0 Å². The molecule has 5 nitrogen and oxygen atoms in total. The Morgan fingerprint density at radius 3 is 2.67 bits per heavy atom. The second kappa shape index (κ2) is 8.94. The minimum absolute atomic E-state index is 0.0243. The summed E-state index contributed by atoms with van der Waals surface area (Å²) >= 11 is 6.17. The summed E-state index contributed by atoms with van der Waals surface area (Å²) < 4.78 is 40.5. The highest BCUT2D eigenvalue weighted by Crippen LogP contribution is 2.35. The van der Waals surface area contributed by atoms with Crippen molar-refractivity contribution in [1.82, 2.24) is 4.90 Å². The first kappa shape index (κ1) is 21.9. The normalized spacial score (nSPS) is 17.0. The number of benzene rings is 2. The van der Waals surface area contributed by atoms with Gasteiger partial charge in [0.25, 0.3) is 0 Å². The first-order valence-corrected chi connectivity index (χ1v) is 9.62. The van der Waals surface area contributed by atoms with E-state index in [2.05, 4.69) is 0 Å². The highest BCUT2D eigenvalue weighted by Gasteiger charge is 2.35. The second-order valence-corrected chi connectivity index (χ2v) is 7.54. The maximum absolute atomic E-state index is 13.5. The molecule has 158 valence electrons. The Balaban J connectivity index is 1.96. The van der Waals surface area contributed by atoms with Crippen LogP contribution in [0.25, 0.3) is 0 Å². The van der Waals surface area contributed by atoms with Gasteiger partial charge in [-0.2, -0.15) is 18.4 Å². The van der Waals surface area contributed by atoms with Crippen LogP contribution < -0.4 is 4.90 Å². The predicted octanol–water partition coefficient (Wildman–Crippen LogP) is 4.40. The molecule has 1 unspecified atom stereocenters. The van der Waals surface area contributed by atoms with Gasteiger partial charge in [-0.1, -0.05) is 29.8 Å². The van der Waals surface area contributed by atoms with Gasteiger partial charge in [-0.15, -0.1) is 0 Å². The number of hydrogen-bond acceptors (Lipinski definition) is 4. The monoisotopic (exact) mass is 437 g/mol. The molecule has 1 atom stereocenters. The van der Waals surface area contributed by atoms with Crippen LogP contribution in [0.3, 0.4) is 0 Å². The first-order valence-electron chi connectivity index (χ1n) is 9.24. The van der Waals surface area contributed by atoms with Gasteiger partial charge in [0.15, 0.2) is 0 Å². The molecule has 1 aliphatic heterocycles. The molecule has 0 aromatic heterocycles. The van der Waals surface area contributed by atoms with Gasteiger partial charge >= 0.3 is 12.1 Å². The Morgan fingerprint density at radius 2 is 2.03 bits per heavy atom. The number of carboxylic acid groups (broad SMARTS) is 1. The molecule has 1 aliphatic rings. The number of rotatable bonds is 6. The zero-order valence-corrected chi connectivity index (χ0v) is 16.6. The van der Waals surface area contributed by atoms with Crippen molar-refractivity contribution in [2.45, 2.75) is 25.2 Å². The first-order chi connectivity index (χ1) is 14.2. The van der Waals surface area contributed by atoms with Gasteiger partial charge in [-0.3, -0.25) is 9.69 Å². The van der Waals surface area contributed by atoms with Crippen LogP contribution in [0.2, 0.25) is 5.02 Å². The molecule has 1 fully saturated rings. The Labute approximate surface area is 176 Å². The molecule has 0 bridgehead atoms.